The Morgan fingerprint density at radius 2 is 2.25 bits per heavy atom. The van der Waals surface area contributed by atoms with Gasteiger partial charge in [0.25, 0.3) is 0 Å². The second-order valence-corrected chi connectivity index (χ2v) is 5.97. The number of H-pyrrole nitrogens is 1. The fraction of sp³-hybridized carbons (Fsp3) is 0.583. The highest BCUT2D eigenvalue weighted by Crippen LogP contribution is 2.26. The van der Waals surface area contributed by atoms with Gasteiger partial charge < -0.3 is 5.11 Å². The third kappa shape index (κ3) is 3.40. The van der Waals surface area contributed by atoms with E-state index in [1.807, 2.05) is 20.8 Å². The zero-order valence-corrected chi connectivity index (χ0v) is 11.7. The molecule has 0 saturated carbocycles. The summed E-state index contributed by atoms with van der Waals surface area (Å²) in [6.45, 7) is 6.28. The maximum Gasteiger partial charge on any atom is 0.308 e. The molecular formula is C12H18N6O2. The van der Waals surface area contributed by atoms with Gasteiger partial charge in [-0.2, -0.15) is 5.10 Å². The summed E-state index contributed by atoms with van der Waals surface area (Å²) in [6, 6.07) is 0. The van der Waals surface area contributed by atoms with Gasteiger partial charge in [0.1, 0.15) is 0 Å². The average Bonchev–Trinajstić information content (AvgIpc) is 2.94. The Bertz CT molecular complexity index is 569. The first-order chi connectivity index (χ1) is 9.37. The minimum absolute atomic E-state index is 0.0765. The SMILES string of the molecule is CC(C)(C)CC(Cn1nnnc1-c1cn[nH]c1)C(=O)O. The van der Waals surface area contributed by atoms with Crippen molar-refractivity contribution in [2.75, 3.05) is 0 Å². The number of carboxylic acid groups (broad SMARTS) is 1. The molecule has 0 radical (unpaired) electrons. The Morgan fingerprint density at radius 1 is 1.50 bits per heavy atom. The monoisotopic (exact) mass is 278 g/mol. The third-order valence-electron chi connectivity index (χ3n) is 2.89. The molecule has 20 heavy (non-hydrogen) atoms. The fourth-order valence-corrected chi connectivity index (χ4v) is 2.09. The maximum atomic E-state index is 11.4. The molecule has 2 aromatic rings. The van der Waals surface area contributed by atoms with Crippen molar-refractivity contribution in [2.24, 2.45) is 11.3 Å². The van der Waals surface area contributed by atoms with Gasteiger partial charge in [-0.15, -0.1) is 5.10 Å². The van der Waals surface area contributed by atoms with Crippen LogP contribution in [0.3, 0.4) is 0 Å². The minimum Gasteiger partial charge on any atom is -0.481 e. The number of carbonyl (C=O) groups is 1. The smallest absolute Gasteiger partial charge is 0.308 e. The summed E-state index contributed by atoms with van der Waals surface area (Å²) in [7, 11) is 0. The van der Waals surface area contributed by atoms with Crippen LogP contribution < -0.4 is 0 Å². The van der Waals surface area contributed by atoms with E-state index >= 15 is 0 Å². The molecule has 0 spiro atoms. The van der Waals surface area contributed by atoms with Crippen molar-refractivity contribution in [1.82, 2.24) is 30.4 Å². The molecule has 0 aliphatic rings. The van der Waals surface area contributed by atoms with Crippen LogP contribution in [0.4, 0.5) is 0 Å². The lowest BCUT2D eigenvalue weighted by Gasteiger charge is -2.23. The van der Waals surface area contributed by atoms with Crippen molar-refractivity contribution in [2.45, 2.75) is 33.7 Å². The highest BCUT2D eigenvalue weighted by atomic mass is 16.4. The molecule has 8 heteroatoms. The molecule has 1 unspecified atom stereocenters. The summed E-state index contributed by atoms with van der Waals surface area (Å²) in [5.74, 6) is -0.864. The van der Waals surface area contributed by atoms with E-state index in [4.69, 9.17) is 0 Å². The van der Waals surface area contributed by atoms with Crippen molar-refractivity contribution < 1.29 is 9.90 Å². The molecule has 0 aliphatic heterocycles. The Balaban J connectivity index is 2.20. The van der Waals surface area contributed by atoms with Gasteiger partial charge in [-0.25, -0.2) is 4.68 Å². The first kappa shape index (κ1) is 14.2. The minimum atomic E-state index is -0.839. The predicted molar refractivity (Wildman–Crippen MR) is 70.6 cm³/mol. The summed E-state index contributed by atoms with van der Waals surface area (Å²) in [6.07, 6.45) is 3.82. The van der Waals surface area contributed by atoms with Crippen LogP contribution in [0.2, 0.25) is 0 Å². The molecule has 0 amide bonds. The van der Waals surface area contributed by atoms with Crippen LogP contribution in [0.15, 0.2) is 12.4 Å². The third-order valence-corrected chi connectivity index (χ3v) is 2.89. The summed E-state index contributed by atoms with van der Waals surface area (Å²) < 4.78 is 1.51. The predicted octanol–water partition coefficient (Wildman–Crippen LogP) is 1.20. The number of aromatic amines is 1. The molecular weight excluding hydrogens is 260 g/mol. The number of carboxylic acids is 1. The molecule has 0 bridgehead atoms. The van der Waals surface area contributed by atoms with E-state index in [0.717, 1.165) is 5.56 Å². The quantitative estimate of drug-likeness (QED) is 0.850. The van der Waals surface area contributed by atoms with Crippen LogP contribution in [-0.4, -0.2) is 41.5 Å². The Labute approximate surface area is 116 Å². The van der Waals surface area contributed by atoms with Gasteiger partial charge in [-0.1, -0.05) is 20.8 Å². The molecule has 2 aromatic heterocycles. The second kappa shape index (κ2) is 5.40. The van der Waals surface area contributed by atoms with E-state index in [0.29, 0.717) is 12.2 Å². The number of aromatic nitrogens is 6. The second-order valence-electron chi connectivity index (χ2n) is 5.97. The van der Waals surface area contributed by atoms with Gasteiger partial charge in [0, 0.05) is 6.20 Å². The van der Waals surface area contributed by atoms with Crippen molar-refractivity contribution in [3.8, 4) is 11.4 Å². The van der Waals surface area contributed by atoms with Gasteiger partial charge in [-0.05, 0) is 22.3 Å². The number of hydrogen-bond acceptors (Lipinski definition) is 5. The molecule has 1 atom stereocenters. The van der Waals surface area contributed by atoms with E-state index in [1.165, 1.54) is 4.68 Å². The van der Waals surface area contributed by atoms with Gasteiger partial charge in [0.15, 0.2) is 5.82 Å². The zero-order chi connectivity index (χ0) is 14.8. The van der Waals surface area contributed by atoms with E-state index in [1.54, 1.807) is 12.4 Å². The molecule has 2 rings (SSSR count). The molecule has 2 N–H and O–H groups in total. The lowest BCUT2D eigenvalue weighted by Crippen LogP contribution is -2.26. The number of hydrogen-bond donors (Lipinski definition) is 2. The van der Waals surface area contributed by atoms with Gasteiger partial charge in [0.2, 0.25) is 0 Å². The van der Waals surface area contributed by atoms with Crippen LogP contribution in [0, 0.1) is 11.3 Å². The lowest BCUT2D eigenvalue weighted by molar-refractivity contribution is -0.143. The van der Waals surface area contributed by atoms with Gasteiger partial charge in [-0.3, -0.25) is 9.89 Å². The number of aliphatic carboxylic acids is 1. The van der Waals surface area contributed by atoms with E-state index < -0.39 is 11.9 Å². The normalized spacial score (nSPS) is 13.3. The van der Waals surface area contributed by atoms with Crippen molar-refractivity contribution in [3.05, 3.63) is 12.4 Å². The highest BCUT2D eigenvalue weighted by Gasteiger charge is 2.26. The molecule has 0 aromatic carbocycles. The average molecular weight is 278 g/mol. The zero-order valence-electron chi connectivity index (χ0n) is 11.7. The maximum absolute atomic E-state index is 11.4. The van der Waals surface area contributed by atoms with Gasteiger partial charge >= 0.3 is 5.97 Å². The largest absolute Gasteiger partial charge is 0.481 e. The molecule has 0 saturated heterocycles. The molecule has 2 heterocycles. The first-order valence-electron chi connectivity index (χ1n) is 6.35. The summed E-state index contributed by atoms with van der Waals surface area (Å²) in [5, 5.41) is 27.3. The molecule has 108 valence electrons. The van der Waals surface area contributed by atoms with E-state index in [2.05, 4.69) is 25.7 Å². The van der Waals surface area contributed by atoms with Crippen LogP contribution in [0.25, 0.3) is 11.4 Å². The number of nitrogens with zero attached hydrogens (tertiary/aromatic N) is 5. The Morgan fingerprint density at radius 3 is 2.80 bits per heavy atom. The van der Waals surface area contributed by atoms with Crippen molar-refractivity contribution >= 4 is 5.97 Å². The van der Waals surface area contributed by atoms with Crippen LogP contribution in [0.5, 0.6) is 0 Å². The van der Waals surface area contributed by atoms with Gasteiger partial charge in [0.05, 0.1) is 24.2 Å². The number of nitrogens with one attached hydrogen (secondary N) is 1. The Kier molecular flexibility index (Phi) is 3.82. The first-order valence-corrected chi connectivity index (χ1v) is 6.35. The Hall–Kier alpha value is -2.25. The van der Waals surface area contributed by atoms with E-state index in [9.17, 15) is 9.90 Å². The van der Waals surface area contributed by atoms with Crippen LogP contribution in [-0.2, 0) is 11.3 Å². The highest BCUT2D eigenvalue weighted by molar-refractivity contribution is 5.70. The standard InChI is InChI=1S/C12H18N6O2/c1-12(2,3)4-8(11(19)20)7-18-10(15-16-17-18)9-5-13-14-6-9/h5-6,8H,4,7H2,1-3H3,(H,13,14)(H,19,20). The topological polar surface area (TPSA) is 110 Å². The summed E-state index contributed by atoms with van der Waals surface area (Å²) >= 11 is 0. The molecule has 0 fully saturated rings. The molecule has 0 aliphatic carbocycles. The van der Waals surface area contributed by atoms with Crippen molar-refractivity contribution in [3.63, 3.8) is 0 Å². The van der Waals surface area contributed by atoms with Crippen LogP contribution in [0.1, 0.15) is 27.2 Å². The van der Waals surface area contributed by atoms with Crippen LogP contribution >= 0.6 is 0 Å². The number of rotatable bonds is 5. The lowest BCUT2D eigenvalue weighted by atomic mass is 9.84. The number of tetrazole rings is 1. The van der Waals surface area contributed by atoms with E-state index in [-0.39, 0.29) is 12.0 Å². The molecule has 8 nitrogen and oxygen atoms in total. The summed E-state index contributed by atoms with van der Waals surface area (Å²) in [4.78, 5) is 11.4. The fourth-order valence-electron chi connectivity index (χ4n) is 2.09. The van der Waals surface area contributed by atoms with Crippen molar-refractivity contribution in [1.29, 1.82) is 0 Å². The summed E-state index contributed by atoms with van der Waals surface area (Å²) in [5.41, 5.74) is 0.655.